The number of carbonyl (C=O) groups is 2. The van der Waals surface area contributed by atoms with Crippen LogP contribution in [0.25, 0.3) is 5.69 Å². The Hall–Kier alpha value is -3.42. The molecule has 4 rings (SSSR count). The van der Waals surface area contributed by atoms with Crippen LogP contribution >= 0.6 is 0 Å². The van der Waals surface area contributed by atoms with E-state index < -0.39 is 0 Å². The van der Waals surface area contributed by atoms with E-state index in [2.05, 4.69) is 15.5 Å². The SMILES string of the molecule is CCn1cc(NC(=O)CC2CCN(C(=O)c3ccc(-n4nc(C)cc4C)cc3)CC2)cn1. The lowest BCUT2D eigenvalue weighted by Crippen LogP contribution is -2.39. The molecule has 0 saturated carbocycles. The van der Waals surface area contributed by atoms with Crippen molar-refractivity contribution in [3.63, 3.8) is 0 Å². The second-order valence-electron chi connectivity index (χ2n) is 8.46. The van der Waals surface area contributed by atoms with Crippen LogP contribution in [0.5, 0.6) is 0 Å². The lowest BCUT2D eigenvalue weighted by molar-refractivity contribution is -0.117. The van der Waals surface area contributed by atoms with Crippen LogP contribution in [0.3, 0.4) is 0 Å². The molecular weight excluding hydrogens is 404 g/mol. The van der Waals surface area contributed by atoms with Crippen molar-refractivity contribution in [2.45, 2.75) is 46.6 Å². The Kier molecular flexibility index (Phi) is 6.39. The van der Waals surface area contributed by atoms with Gasteiger partial charge >= 0.3 is 0 Å². The molecule has 0 unspecified atom stereocenters. The summed E-state index contributed by atoms with van der Waals surface area (Å²) in [6.07, 6.45) is 5.63. The minimum atomic E-state index is 0.00479. The average molecular weight is 435 g/mol. The predicted molar refractivity (Wildman–Crippen MR) is 123 cm³/mol. The summed E-state index contributed by atoms with van der Waals surface area (Å²) in [6.45, 7) is 8.10. The van der Waals surface area contributed by atoms with Gasteiger partial charge in [-0.1, -0.05) is 0 Å². The van der Waals surface area contributed by atoms with E-state index in [0.29, 0.717) is 25.1 Å². The summed E-state index contributed by atoms with van der Waals surface area (Å²) in [4.78, 5) is 27.2. The highest BCUT2D eigenvalue weighted by Gasteiger charge is 2.25. The number of benzene rings is 1. The number of piperidine rings is 1. The number of likely N-dealkylation sites (tertiary alicyclic amines) is 1. The Morgan fingerprint density at radius 2 is 1.84 bits per heavy atom. The molecule has 8 nitrogen and oxygen atoms in total. The van der Waals surface area contributed by atoms with Crippen LogP contribution in [0.4, 0.5) is 5.69 Å². The van der Waals surface area contributed by atoms with Crippen molar-refractivity contribution in [2.24, 2.45) is 5.92 Å². The second kappa shape index (κ2) is 9.38. The van der Waals surface area contributed by atoms with Gasteiger partial charge in [0.15, 0.2) is 0 Å². The van der Waals surface area contributed by atoms with Crippen LogP contribution in [-0.4, -0.2) is 49.4 Å². The minimum Gasteiger partial charge on any atom is -0.339 e. The van der Waals surface area contributed by atoms with Gasteiger partial charge in [-0.3, -0.25) is 14.3 Å². The lowest BCUT2D eigenvalue weighted by Gasteiger charge is -2.31. The van der Waals surface area contributed by atoms with Crippen molar-refractivity contribution >= 4 is 17.5 Å². The molecule has 8 heteroatoms. The first-order valence-corrected chi connectivity index (χ1v) is 11.2. The number of hydrogen-bond acceptors (Lipinski definition) is 4. The third-order valence-electron chi connectivity index (χ3n) is 5.99. The zero-order valence-electron chi connectivity index (χ0n) is 18.9. The number of amides is 2. The molecule has 3 aromatic rings. The lowest BCUT2D eigenvalue weighted by atomic mass is 9.93. The first-order chi connectivity index (χ1) is 15.4. The molecule has 1 N–H and O–H groups in total. The van der Waals surface area contributed by atoms with Crippen LogP contribution in [0.15, 0.2) is 42.7 Å². The molecule has 0 spiro atoms. The van der Waals surface area contributed by atoms with E-state index in [0.717, 1.165) is 42.1 Å². The molecule has 1 aliphatic heterocycles. The van der Waals surface area contributed by atoms with Crippen molar-refractivity contribution < 1.29 is 9.59 Å². The van der Waals surface area contributed by atoms with Gasteiger partial charge in [0.25, 0.3) is 5.91 Å². The van der Waals surface area contributed by atoms with E-state index in [1.165, 1.54) is 0 Å². The normalized spacial score (nSPS) is 14.5. The van der Waals surface area contributed by atoms with E-state index in [1.807, 2.05) is 66.9 Å². The summed E-state index contributed by atoms with van der Waals surface area (Å²) in [7, 11) is 0. The van der Waals surface area contributed by atoms with Crippen molar-refractivity contribution in [1.82, 2.24) is 24.5 Å². The number of hydrogen-bond donors (Lipinski definition) is 1. The number of nitrogens with one attached hydrogen (secondary N) is 1. The first-order valence-electron chi connectivity index (χ1n) is 11.2. The summed E-state index contributed by atoms with van der Waals surface area (Å²) < 4.78 is 3.66. The van der Waals surface area contributed by atoms with E-state index in [-0.39, 0.29) is 17.7 Å². The molecule has 3 heterocycles. The van der Waals surface area contributed by atoms with Gasteiger partial charge in [-0.15, -0.1) is 0 Å². The molecule has 0 radical (unpaired) electrons. The Morgan fingerprint density at radius 3 is 2.44 bits per heavy atom. The smallest absolute Gasteiger partial charge is 0.253 e. The largest absolute Gasteiger partial charge is 0.339 e. The third-order valence-corrected chi connectivity index (χ3v) is 5.99. The molecule has 32 heavy (non-hydrogen) atoms. The van der Waals surface area contributed by atoms with Gasteiger partial charge < -0.3 is 10.2 Å². The van der Waals surface area contributed by atoms with Gasteiger partial charge in [-0.25, -0.2) is 4.68 Å². The van der Waals surface area contributed by atoms with Crippen LogP contribution < -0.4 is 5.32 Å². The number of rotatable bonds is 6. The maximum Gasteiger partial charge on any atom is 0.253 e. The highest BCUT2D eigenvalue weighted by atomic mass is 16.2. The Labute approximate surface area is 188 Å². The minimum absolute atomic E-state index is 0.00479. The van der Waals surface area contributed by atoms with Crippen LogP contribution in [0, 0.1) is 19.8 Å². The van der Waals surface area contributed by atoms with Gasteiger partial charge in [0, 0.05) is 43.5 Å². The Balaban J connectivity index is 1.28. The number of aromatic nitrogens is 4. The molecule has 0 bridgehead atoms. The second-order valence-corrected chi connectivity index (χ2v) is 8.46. The van der Waals surface area contributed by atoms with Crippen molar-refractivity contribution in [1.29, 1.82) is 0 Å². The van der Waals surface area contributed by atoms with Crippen molar-refractivity contribution in [3.8, 4) is 5.69 Å². The summed E-state index contributed by atoms with van der Waals surface area (Å²) in [5.41, 5.74) is 4.39. The summed E-state index contributed by atoms with van der Waals surface area (Å²) in [6, 6.07) is 9.63. The summed E-state index contributed by atoms with van der Waals surface area (Å²) in [5, 5.41) is 11.6. The standard InChI is InChI=1S/C24H30N6O2/c1-4-29-16-21(15-25-29)26-23(31)14-19-9-11-28(12-10-19)24(32)20-5-7-22(8-6-20)30-18(3)13-17(2)27-30/h5-8,13,15-16,19H,4,9-12,14H2,1-3H3,(H,26,31). The number of carbonyl (C=O) groups excluding carboxylic acids is 2. The van der Waals surface area contributed by atoms with E-state index >= 15 is 0 Å². The fourth-order valence-electron chi connectivity index (χ4n) is 4.23. The van der Waals surface area contributed by atoms with Crippen LogP contribution in [0.1, 0.15) is 47.9 Å². The predicted octanol–water partition coefficient (Wildman–Crippen LogP) is 3.59. The molecule has 0 atom stereocenters. The molecule has 1 saturated heterocycles. The Bertz CT molecular complexity index is 1090. The monoisotopic (exact) mass is 434 g/mol. The third kappa shape index (κ3) is 4.90. The molecule has 0 aliphatic carbocycles. The molecule has 1 aromatic carbocycles. The maximum atomic E-state index is 12.9. The van der Waals surface area contributed by atoms with Gasteiger partial charge in [-0.2, -0.15) is 10.2 Å². The summed E-state index contributed by atoms with van der Waals surface area (Å²) >= 11 is 0. The van der Waals surface area contributed by atoms with E-state index in [9.17, 15) is 9.59 Å². The van der Waals surface area contributed by atoms with Crippen molar-refractivity contribution in [3.05, 3.63) is 59.7 Å². The molecule has 168 valence electrons. The highest BCUT2D eigenvalue weighted by molar-refractivity contribution is 5.94. The molecule has 1 aliphatic rings. The van der Waals surface area contributed by atoms with Gasteiger partial charge in [-0.05, 0) is 69.9 Å². The molecular formula is C24H30N6O2. The number of aryl methyl sites for hydroxylation is 3. The molecule has 1 fully saturated rings. The fourth-order valence-corrected chi connectivity index (χ4v) is 4.23. The topological polar surface area (TPSA) is 85.0 Å². The fraction of sp³-hybridized carbons (Fsp3) is 0.417. The number of nitrogens with zero attached hydrogens (tertiary/aromatic N) is 5. The zero-order chi connectivity index (χ0) is 22.7. The van der Waals surface area contributed by atoms with Gasteiger partial charge in [0.05, 0.1) is 23.3 Å². The maximum absolute atomic E-state index is 12.9. The van der Waals surface area contributed by atoms with Gasteiger partial charge in [0.1, 0.15) is 0 Å². The quantitative estimate of drug-likeness (QED) is 0.643. The molecule has 2 amide bonds. The van der Waals surface area contributed by atoms with Crippen molar-refractivity contribution in [2.75, 3.05) is 18.4 Å². The van der Waals surface area contributed by atoms with E-state index in [1.54, 1.807) is 10.9 Å². The number of anilines is 1. The molecule has 2 aromatic heterocycles. The summed E-state index contributed by atoms with van der Waals surface area (Å²) in [5.74, 6) is 0.332. The van der Waals surface area contributed by atoms with Crippen LogP contribution in [-0.2, 0) is 11.3 Å². The van der Waals surface area contributed by atoms with E-state index in [4.69, 9.17) is 0 Å². The van der Waals surface area contributed by atoms with Crippen LogP contribution in [0.2, 0.25) is 0 Å². The highest BCUT2D eigenvalue weighted by Crippen LogP contribution is 2.23. The first kappa shape index (κ1) is 21.8. The zero-order valence-corrected chi connectivity index (χ0v) is 18.9. The average Bonchev–Trinajstić information content (AvgIpc) is 3.39. The van der Waals surface area contributed by atoms with Gasteiger partial charge in [0.2, 0.25) is 5.91 Å². The Morgan fingerprint density at radius 1 is 1.12 bits per heavy atom.